The number of nitrogens with one attached hydrogen (secondary N) is 1. The second-order valence-electron chi connectivity index (χ2n) is 3.72. The highest BCUT2D eigenvalue weighted by Gasteiger charge is 2.39. The molecule has 0 spiro atoms. The van der Waals surface area contributed by atoms with Gasteiger partial charge in [0.05, 0.1) is 0 Å². The van der Waals surface area contributed by atoms with E-state index in [2.05, 4.69) is 62.0 Å². The summed E-state index contributed by atoms with van der Waals surface area (Å²) in [4.78, 5) is 0. The summed E-state index contributed by atoms with van der Waals surface area (Å²) in [5.41, 5.74) is 0. The minimum atomic E-state index is 0.284. The van der Waals surface area contributed by atoms with E-state index >= 15 is 0 Å². The lowest BCUT2D eigenvalue weighted by Gasteiger charge is -2.44. The lowest BCUT2D eigenvalue weighted by molar-refractivity contribution is 0.657. The number of hydrogen-bond acceptors (Lipinski definition) is 6. The van der Waals surface area contributed by atoms with Crippen LogP contribution in [0, 0.1) is 0 Å². The van der Waals surface area contributed by atoms with Crippen LogP contribution in [0.4, 0.5) is 5.95 Å². The average Bonchev–Trinajstić information content (AvgIpc) is 2.73. The van der Waals surface area contributed by atoms with Gasteiger partial charge in [-0.2, -0.15) is 5.21 Å². The van der Waals surface area contributed by atoms with E-state index in [4.69, 9.17) is 0 Å². The summed E-state index contributed by atoms with van der Waals surface area (Å²) >= 11 is 0. The Balaban J connectivity index is 2.20. The number of hydrogen-bond donors (Lipinski definition) is 1. The number of H-pyrrole nitrogens is 1. The molecule has 1 aliphatic rings. The van der Waals surface area contributed by atoms with Gasteiger partial charge in [-0.3, -0.25) is 0 Å². The molecule has 1 saturated heterocycles. The van der Waals surface area contributed by atoms with Crippen molar-refractivity contribution in [1.82, 2.24) is 29.8 Å². The number of anilines is 1. The Kier molecular flexibility index (Phi) is 2.80. The fourth-order valence-corrected chi connectivity index (χ4v) is 2.80. The van der Waals surface area contributed by atoms with Crippen LogP contribution in [-0.2, 0) is 0 Å². The molecule has 1 aromatic heterocycles. The zero-order valence-corrected chi connectivity index (χ0v) is 10.3. The van der Waals surface area contributed by atoms with Crippen molar-refractivity contribution in [3.8, 4) is 0 Å². The van der Waals surface area contributed by atoms with Crippen molar-refractivity contribution in [2.45, 2.75) is 13.6 Å². The highest BCUT2D eigenvalue weighted by Crippen LogP contribution is 2.15. The van der Waals surface area contributed by atoms with E-state index in [1.54, 1.807) is 0 Å². The van der Waals surface area contributed by atoms with Gasteiger partial charge in [-0.05, 0) is 19.3 Å². The van der Waals surface area contributed by atoms with Crippen molar-refractivity contribution >= 4 is 29.8 Å². The molecule has 0 atom stereocenters. The molecule has 10 heteroatoms. The van der Waals surface area contributed by atoms with Gasteiger partial charge >= 0.3 is 6.98 Å². The van der Waals surface area contributed by atoms with Gasteiger partial charge in [0.25, 0.3) is 16.8 Å². The van der Waals surface area contributed by atoms with Crippen LogP contribution in [0.1, 0.15) is 0 Å². The fourth-order valence-electron chi connectivity index (χ4n) is 1.58. The molecule has 0 unspecified atom stereocenters. The van der Waals surface area contributed by atoms with Crippen molar-refractivity contribution in [2.75, 3.05) is 18.6 Å². The molecule has 1 N–H and O–H groups in total. The summed E-state index contributed by atoms with van der Waals surface area (Å²) in [5, 5.41) is 14.1. The van der Waals surface area contributed by atoms with Crippen molar-refractivity contribution in [3.63, 3.8) is 0 Å². The van der Waals surface area contributed by atoms with Gasteiger partial charge in [-0.1, -0.05) is 18.7 Å². The summed E-state index contributed by atoms with van der Waals surface area (Å²) in [5.74, 6) is 0.659. The molecule has 1 aliphatic heterocycles. The largest absolute Gasteiger partial charge is 0.383 e. The molecule has 7 nitrogen and oxygen atoms in total. The molecule has 0 bridgehead atoms. The van der Waals surface area contributed by atoms with Gasteiger partial charge in [-0.15, -0.1) is 5.10 Å². The summed E-state index contributed by atoms with van der Waals surface area (Å²) in [6.07, 6.45) is 0. The molecule has 1 aromatic rings. The molecule has 1 fully saturated rings. The van der Waals surface area contributed by atoms with E-state index in [0.29, 0.717) is 22.8 Å². The van der Waals surface area contributed by atoms with Crippen LogP contribution in [0.5, 0.6) is 0 Å². The van der Waals surface area contributed by atoms with Gasteiger partial charge in [-0.25, -0.2) is 0 Å². The van der Waals surface area contributed by atoms with Crippen LogP contribution in [0.2, 0.25) is 13.6 Å². The third-order valence-electron chi connectivity index (χ3n) is 2.93. The van der Waals surface area contributed by atoms with E-state index in [0.717, 1.165) is 0 Å². The molecule has 2 rings (SSSR count). The van der Waals surface area contributed by atoms with Crippen molar-refractivity contribution in [1.29, 1.82) is 0 Å². The maximum Gasteiger partial charge on any atom is 0.323 e. The highest BCUT2D eigenvalue weighted by molar-refractivity contribution is 6.86. The Morgan fingerprint density at radius 1 is 1.27 bits per heavy atom. The van der Waals surface area contributed by atoms with Crippen LogP contribution >= 0.6 is 0 Å². The molecular formula is C5H13B2N7Si. The van der Waals surface area contributed by atoms with Crippen molar-refractivity contribution in [3.05, 3.63) is 0 Å². The van der Waals surface area contributed by atoms with Crippen LogP contribution in [-0.4, -0.2) is 67.7 Å². The van der Waals surface area contributed by atoms with Gasteiger partial charge in [0, 0.05) is 0 Å². The number of nitrogens with zero attached hydrogens (tertiary/aromatic N) is 6. The molecule has 0 amide bonds. The molecule has 0 saturated carbocycles. The zero-order chi connectivity index (χ0) is 11.0. The highest BCUT2D eigenvalue weighted by atomic mass is 28.2. The third kappa shape index (κ3) is 1.79. The van der Waals surface area contributed by atoms with Crippen molar-refractivity contribution < 1.29 is 0 Å². The minimum Gasteiger partial charge on any atom is -0.383 e. The number of tetrazole rings is 1. The Morgan fingerprint density at radius 2 is 2.00 bits per heavy atom. The first-order valence-corrected chi connectivity index (χ1v) is 5.74. The average molecular weight is 221 g/mol. The van der Waals surface area contributed by atoms with Crippen LogP contribution in [0.3, 0.4) is 0 Å². The van der Waals surface area contributed by atoms with Gasteiger partial charge < -0.3 is 13.7 Å². The molecule has 2 heterocycles. The molecule has 2 radical (unpaired) electrons. The molecule has 15 heavy (non-hydrogen) atoms. The van der Waals surface area contributed by atoms with E-state index in [9.17, 15) is 0 Å². The Hall–Kier alpha value is -0.863. The van der Waals surface area contributed by atoms with Crippen LogP contribution in [0.15, 0.2) is 0 Å². The third-order valence-corrected chi connectivity index (χ3v) is 4.41. The minimum absolute atomic E-state index is 0.284. The smallest absolute Gasteiger partial charge is 0.323 e. The first kappa shape index (κ1) is 10.6. The monoisotopic (exact) mass is 221 g/mol. The van der Waals surface area contributed by atoms with E-state index < -0.39 is 0 Å². The van der Waals surface area contributed by atoms with Crippen LogP contribution in [0.25, 0.3) is 0 Å². The van der Waals surface area contributed by atoms with Gasteiger partial charge in [0.2, 0.25) is 5.95 Å². The normalized spacial score (nSPS) is 20.1. The second-order valence-corrected chi connectivity index (χ2v) is 5.11. The Morgan fingerprint density at radius 3 is 2.60 bits per heavy atom. The first-order chi connectivity index (χ1) is 7.11. The molecule has 0 aromatic carbocycles. The quantitative estimate of drug-likeness (QED) is 0.591. The lowest BCUT2D eigenvalue weighted by Crippen LogP contribution is -2.69. The summed E-state index contributed by atoms with van der Waals surface area (Å²) in [6, 6.07) is 0. The molecular weight excluding hydrogens is 208 g/mol. The number of aromatic nitrogens is 4. The Labute approximate surface area is 92.4 Å². The predicted octanol–water partition coefficient (Wildman–Crippen LogP) is -1.35. The van der Waals surface area contributed by atoms with Crippen molar-refractivity contribution in [2.24, 2.45) is 0 Å². The maximum atomic E-state index is 4.02. The van der Waals surface area contributed by atoms with Gasteiger partial charge in [0.1, 0.15) is 0 Å². The summed E-state index contributed by atoms with van der Waals surface area (Å²) in [7, 11) is 4.74. The summed E-state index contributed by atoms with van der Waals surface area (Å²) in [6.45, 7) is 5.05. The maximum absolute atomic E-state index is 4.02. The Bertz CT molecular complexity index is 321. The summed E-state index contributed by atoms with van der Waals surface area (Å²) < 4.78 is 6.66. The number of aromatic amines is 1. The van der Waals surface area contributed by atoms with E-state index in [1.807, 2.05) is 0 Å². The SMILES string of the molecule is CB1N(C)[Si]N(c2nn[nH]n2)B(C)N1C. The van der Waals surface area contributed by atoms with Gasteiger partial charge in [0.15, 0.2) is 0 Å². The van der Waals surface area contributed by atoms with E-state index in [1.165, 1.54) is 0 Å². The standard InChI is InChI=1S/C5H13B2N7Si/c1-6-12(3)7(2)14(15-13(6)4)5-8-10-11-9-5/h1-4H3,(H,8,9,10,11). The topological polar surface area (TPSA) is 64.2 Å². The predicted molar refractivity (Wildman–Crippen MR) is 61.2 cm³/mol. The fraction of sp³-hybridized carbons (Fsp3) is 0.800. The van der Waals surface area contributed by atoms with E-state index in [-0.39, 0.29) is 6.98 Å². The first-order valence-electron chi connectivity index (χ1n) is 4.85. The van der Waals surface area contributed by atoms with Crippen LogP contribution < -0.4 is 4.48 Å². The number of rotatable bonds is 1. The zero-order valence-electron chi connectivity index (χ0n) is 9.34. The molecule has 0 aliphatic carbocycles. The lowest BCUT2D eigenvalue weighted by atomic mass is 9.63. The second kappa shape index (κ2) is 3.95. The molecule has 78 valence electrons.